The van der Waals surface area contributed by atoms with Gasteiger partial charge in [-0.25, -0.2) is 0 Å². The maximum atomic E-state index is 11.2. The van der Waals surface area contributed by atoms with Crippen molar-refractivity contribution in [3.05, 3.63) is 0 Å². The van der Waals surface area contributed by atoms with E-state index in [1.807, 2.05) is 0 Å². The molecule has 0 aromatic rings. The number of carbonyl (C=O) groups is 2. The monoisotopic (exact) mass is 204 g/mol. The third kappa shape index (κ3) is 3.23. The number of hydrogen-bond donors (Lipinski definition) is 3. The molecule has 2 atom stereocenters. The highest BCUT2D eigenvalue weighted by atomic mass is 32.2. The molecule has 1 heterocycles. The number of amides is 2. The number of aliphatic hydroxyl groups excluding tert-OH is 1. The predicted octanol–water partition coefficient (Wildman–Crippen LogP) is -0.692. The maximum Gasteiger partial charge on any atom is 0.279 e. The van der Waals surface area contributed by atoms with Crippen LogP contribution < -0.4 is 10.6 Å². The molecule has 1 saturated heterocycles. The summed E-state index contributed by atoms with van der Waals surface area (Å²) in [6, 6.07) is -0.448. The van der Waals surface area contributed by atoms with E-state index in [9.17, 15) is 9.59 Å². The van der Waals surface area contributed by atoms with Crippen LogP contribution in [0.3, 0.4) is 0 Å². The molecule has 1 unspecified atom stereocenters. The highest BCUT2D eigenvalue weighted by Gasteiger charge is 2.27. The first-order valence-corrected chi connectivity index (χ1v) is 4.97. The van der Waals surface area contributed by atoms with Gasteiger partial charge in [0.05, 0.1) is 6.10 Å². The van der Waals surface area contributed by atoms with Gasteiger partial charge in [0, 0.05) is 12.3 Å². The number of thioether (sulfide) groups is 1. The smallest absolute Gasteiger partial charge is 0.279 e. The van der Waals surface area contributed by atoms with Crippen LogP contribution in [0.1, 0.15) is 6.92 Å². The van der Waals surface area contributed by atoms with E-state index in [4.69, 9.17) is 5.11 Å². The van der Waals surface area contributed by atoms with E-state index in [2.05, 4.69) is 10.6 Å². The molecule has 1 aliphatic heterocycles. The van der Waals surface area contributed by atoms with Crippen LogP contribution in [0.2, 0.25) is 0 Å². The minimum Gasteiger partial charge on any atom is -0.392 e. The summed E-state index contributed by atoms with van der Waals surface area (Å²) in [6.07, 6.45) is -0.561. The molecule has 0 saturated carbocycles. The largest absolute Gasteiger partial charge is 0.392 e. The van der Waals surface area contributed by atoms with Crippen LogP contribution in [-0.4, -0.2) is 40.7 Å². The molecule has 5 nitrogen and oxygen atoms in total. The fourth-order valence-corrected chi connectivity index (χ4v) is 1.68. The summed E-state index contributed by atoms with van der Waals surface area (Å²) in [4.78, 5) is 22.0. The normalized spacial score (nSPS) is 23.8. The van der Waals surface area contributed by atoms with Gasteiger partial charge in [-0.05, 0) is 6.92 Å². The second kappa shape index (κ2) is 4.48. The van der Waals surface area contributed by atoms with E-state index in [1.165, 1.54) is 0 Å². The molecule has 0 aliphatic carbocycles. The van der Waals surface area contributed by atoms with E-state index in [0.29, 0.717) is 5.75 Å². The average Bonchev–Trinajstić information content (AvgIpc) is 2.47. The first-order valence-electron chi connectivity index (χ1n) is 3.98. The van der Waals surface area contributed by atoms with E-state index in [-0.39, 0.29) is 17.7 Å². The molecule has 0 spiro atoms. The van der Waals surface area contributed by atoms with Crippen molar-refractivity contribution < 1.29 is 14.7 Å². The van der Waals surface area contributed by atoms with Gasteiger partial charge < -0.3 is 15.7 Å². The lowest BCUT2D eigenvalue weighted by atomic mass is 10.3. The van der Waals surface area contributed by atoms with Gasteiger partial charge in [-0.15, -0.1) is 0 Å². The fraction of sp³-hybridized carbons (Fsp3) is 0.714. The summed E-state index contributed by atoms with van der Waals surface area (Å²) in [6.45, 7) is 1.80. The SMILES string of the molecule is C[C@H](O)CNC(=O)C1CSC(=O)N1. The molecule has 1 fully saturated rings. The third-order valence-electron chi connectivity index (χ3n) is 1.56. The van der Waals surface area contributed by atoms with Crippen LogP contribution in [-0.2, 0) is 4.79 Å². The highest BCUT2D eigenvalue weighted by molar-refractivity contribution is 8.14. The first kappa shape index (κ1) is 10.3. The van der Waals surface area contributed by atoms with Crippen molar-refractivity contribution >= 4 is 22.9 Å². The molecule has 0 aromatic heterocycles. The Morgan fingerprint density at radius 1 is 1.92 bits per heavy atom. The second-order valence-electron chi connectivity index (χ2n) is 2.89. The zero-order valence-corrected chi connectivity index (χ0v) is 8.06. The van der Waals surface area contributed by atoms with Crippen LogP contribution in [0.15, 0.2) is 0 Å². The lowest BCUT2D eigenvalue weighted by molar-refractivity contribution is -0.122. The van der Waals surface area contributed by atoms with Gasteiger partial charge in [0.1, 0.15) is 6.04 Å². The lowest BCUT2D eigenvalue weighted by Gasteiger charge is -2.10. The summed E-state index contributed by atoms with van der Waals surface area (Å²) < 4.78 is 0. The number of rotatable bonds is 3. The summed E-state index contributed by atoms with van der Waals surface area (Å²) >= 11 is 1.09. The Hall–Kier alpha value is -0.750. The number of aliphatic hydroxyl groups is 1. The van der Waals surface area contributed by atoms with Crippen molar-refractivity contribution in [2.45, 2.75) is 19.1 Å². The Morgan fingerprint density at radius 3 is 3.08 bits per heavy atom. The molecule has 0 aromatic carbocycles. The zero-order chi connectivity index (χ0) is 9.84. The van der Waals surface area contributed by atoms with Crippen LogP contribution >= 0.6 is 11.8 Å². The standard InChI is InChI=1S/C7H12N2O3S/c1-4(10)2-8-6(11)5-3-13-7(12)9-5/h4-5,10H,2-3H2,1H3,(H,8,11)(H,9,12)/t4-,5?/m0/s1. The van der Waals surface area contributed by atoms with Gasteiger partial charge in [-0.2, -0.15) is 0 Å². The van der Waals surface area contributed by atoms with Crippen molar-refractivity contribution in [3.8, 4) is 0 Å². The summed E-state index contributed by atoms with van der Waals surface area (Å²) in [5, 5.41) is 13.8. The molecular formula is C7H12N2O3S. The molecule has 1 aliphatic rings. The number of carbonyl (C=O) groups excluding carboxylic acids is 2. The summed E-state index contributed by atoms with van der Waals surface area (Å²) in [7, 11) is 0. The van der Waals surface area contributed by atoms with Gasteiger partial charge in [0.25, 0.3) is 5.24 Å². The zero-order valence-electron chi connectivity index (χ0n) is 7.24. The number of nitrogens with one attached hydrogen (secondary N) is 2. The van der Waals surface area contributed by atoms with Crippen LogP contribution in [0.5, 0.6) is 0 Å². The molecule has 6 heteroatoms. The average molecular weight is 204 g/mol. The number of hydrogen-bond acceptors (Lipinski definition) is 4. The minimum absolute atomic E-state index is 0.169. The Bertz CT molecular complexity index is 220. The molecular weight excluding hydrogens is 192 g/mol. The van der Waals surface area contributed by atoms with E-state index >= 15 is 0 Å². The molecule has 1 rings (SSSR count). The highest BCUT2D eigenvalue weighted by Crippen LogP contribution is 2.12. The quantitative estimate of drug-likeness (QED) is 0.568. The topological polar surface area (TPSA) is 78.4 Å². The van der Waals surface area contributed by atoms with E-state index < -0.39 is 12.1 Å². The van der Waals surface area contributed by atoms with Gasteiger partial charge in [0.2, 0.25) is 5.91 Å². The maximum absolute atomic E-state index is 11.2. The molecule has 0 bridgehead atoms. The van der Waals surface area contributed by atoms with Crippen molar-refractivity contribution in [2.24, 2.45) is 0 Å². The minimum atomic E-state index is -0.561. The molecule has 13 heavy (non-hydrogen) atoms. The van der Waals surface area contributed by atoms with E-state index in [0.717, 1.165) is 11.8 Å². The first-order chi connectivity index (χ1) is 6.09. The Kier molecular flexibility index (Phi) is 3.56. The van der Waals surface area contributed by atoms with Gasteiger partial charge in [-0.3, -0.25) is 9.59 Å². The van der Waals surface area contributed by atoms with Crippen LogP contribution in [0, 0.1) is 0 Å². The van der Waals surface area contributed by atoms with Crippen LogP contribution in [0.25, 0.3) is 0 Å². The fourth-order valence-electron chi connectivity index (χ4n) is 0.897. The Balaban J connectivity index is 2.27. The Morgan fingerprint density at radius 2 is 2.62 bits per heavy atom. The molecule has 2 amide bonds. The molecule has 74 valence electrons. The summed E-state index contributed by atoms with van der Waals surface area (Å²) in [5.74, 6) is 0.226. The molecule has 0 radical (unpaired) electrons. The van der Waals surface area contributed by atoms with Gasteiger partial charge in [-0.1, -0.05) is 11.8 Å². The summed E-state index contributed by atoms with van der Waals surface area (Å²) in [5.41, 5.74) is 0. The second-order valence-corrected chi connectivity index (χ2v) is 3.88. The van der Waals surface area contributed by atoms with Gasteiger partial charge >= 0.3 is 0 Å². The van der Waals surface area contributed by atoms with Crippen molar-refractivity contribution in [1.29, 1.82) is 0 Å². The van der Waals surface area contributed by atoms with Gasteiger partial charge in [0.15, 0.2) is 0 Å². The van der Waals surface area contributed by atoms with Crippen LogP contribution in [0.4, 0.5) is 4.79 Å². The van der Waals surface area contributed by atoms with E-state index in [1.54, 1.807) is 6.92 Å². The predicted molar refractivity (Wildman–Crippen MR) is 49.5 cm³/mol. The van der Waals surface area contributed by atoms with Crippen molar-refractivity contribution in [1.82, 2.24) is 10.6 Å². The third-order valence-corrected chi connectivity index (χ3v) is 2.44. The molecule has 3 N–H and O–H groups in total. The lowest BCUT2D eigenvalue weighted by Crippen LogP contribution is -2.44. The van der Waals surface area contributed by atoms with Crippen molar-refractivity contribution in [2.75, 3.05) is 12.3 Å². The Labute approximate surface area is 80.3 Å². The van der Waals surface area contributed by atoms with Crippen molar-refractivity contribution in [3.63, 3.8) is 0 Å².